The summed E-state index contributed by atoms with van der Waals surface area (Å²) in [6.45, 7) is 0. The topological polar surface area (TPSA) is 61.1 Å². The van der Waals surface area contributed by atoms with Crippen molar-refractivity contribution in [3.8, 4) is 17.2 Å². The van der Waals surface area contributed by atoms with Crippen molar-refractivity contribution in [2.45, 2.75) is 0 Å². The summed E-state index contributed by atoms with van der Waals surface area (Å²) in [4.78, 5) is 10.7. The molecule has 0 radical (unpaired) electrons. The zero-order chi connectivity index (χ0) is 13.1. The molecular weight excluding hydrogens is 250 g/mol. The van der Waals surface area contributed by atoms with Gasteiger partial charge in [-0.3, -0.25) is 0 Å². The minimum atomic E-state index is -0.963. The fraction of sp³-hybridized carbons (Fsp3) is 0. The SMILES string of the molecule is N#Cc1cc(-c2ccc(C(=O)O)cc2)ccc1Cl. The first kappa shape index (κ1) is 12.2. The molecule has 18 heavy (non-hydrogen) atoms. The molecule has 0 aliphatic rings. The third-order valence-electron chi connectivity index (χ3n) is 2.55. The lowest BCUT2D eigenvalue weighted by molar-refractivity contribution is 0.0697. The highest BCUT2D eigenvalue weighted by Gasteiger charge is 2.05. The van der Waals surface area contributed by atoms with E-state index in [-0.39, 0.29) is 5.56 Å². The Labute approximate surface area is 109 Å². The van der Waals surface area contributed by atoms with Crippen molar-refractivity contribution in [1.29, 1.82) is 5.26 Å². The maximum atomic E-state index is 10.7. The third-order valence-corrected chi connectivity index (χ3v) is 2.88. The largest absolute Gasteiger partial charge is 0.478 e. The van der Waals surface area contributed by atoms with Gasteiger partial charge in [-0.05, 0) is 35.4 Å². The van der Waals surface area contributed by atoms with E-state index in [2.05, 4.69) is 0 Å². The number of hydrogen-bond acceptors (Lipinski definition) is 2. The van der Waals surface area contributed by atoms with E-state index in [4.69, 9.17) is 22.0 Å². The van der Waals surface area contributed by atoms with E-state index in [0.717, 1.165) is 11.1 Å². The van der Waals surface area contributed by atoms with E-state index in [1.54, 1.807) is 30.3 Å². The van der Waals surface area contributed by atoms with Gasteiger partial charge < -0.3 is 5.11 Å². The molecule has 0 spiro atoms. The molecule has 88 valence electrons. The van der Waals surface area contributed by atoms with Gasteiger partial charge in [-0.2, -0.15) is 5.26 Å². The van der Waals surface area contributed by atoms with Gasteiger partial charge in [0.25, 0.3) is 0 Å². The minimum absolute atomic E-state index is 0.230. The summed E-state index contributed by atoms with van der Waals surface area (Å²) in [5.41, 5.74) is 2.30. The molecule has 0 aliphatic carbocycles. The van der Waals surface area contributed by atoms with Gasteiger partial charge in [0.1, 0.15) is 6.07 Å². The van der Waals surface area contributed by atoms with Crippen LogP contribution in [0.3, 0.4) is 0 Å². The second-order valence-corrected chi connectivity index (χ2v) is 4.10. The first-order valence-electron chi connectivity index (χ1n) is 5.15. The van der Waals surface area contributed by atoms with E-state index in [0.29, 0.717) is 10.6 Å². The molecule has 2 rings (SSSR count). The predicted molar refractivity (Wildman–Crippen MR) is 68.6 cm³/mol. The van der Waals surface area contributed by atoms with Gasteiger partial charge in [-0.1, -0.05) is 29.8 Å². The van der Waals surface area contributed by atoms with E-state index < -0.39 is 5.97 Å². The molecular formula is C14H8ClNO2. The fourth-order valence-corrected chi connectivity index (χ4v) is 1.76. The van der Waals surface area contributed by atoms with Crippen LogP contribution >= 0.6 is 11.6 Å². The molecule has 0 aromatic heterocycles. The van der Waals surface area contributed by atoms with E-state index >= 15 is 0 Å². The number of halogens is 1. The normalized spacial score (nSPS) is 9.78. The fourth-order valence-electron chi connectivity index (χ4n) is 1.60. The van der Waals surface area contributed by atoms with Crippen LogP contribution in [0.5, 0.6) is 0 Å². The van der Waals surface area contributed by atoms with Crippen LogP contribution in [-0.2, 0) is 0 Å². The predicted octanol–water partition coefficient (Wildman–Crippen LogP) is 3.58. The Kier molecular flexibility index (Phi) is 3.31. The molecule has 2 aromatic rings. The first-order valence-corrected chi connectivity index (χ1v) is 5.53. The summed E-state index contributed by atoms with van der Waals surface area (Å²) in [5.74, 6) is -0.963. The van der Waals surface area contributed by atoms with Crippen molar-refractivity contribution in [1.82, 2.24) is 0 Å². The van der Waals surface area contributed by atoms with Crippen molar-refractivity contribution < 1.29 is 9.90 Å². The van der Waals surface area contributed by atoms with Crippen molar-refractivity contribution >= 4 is 17.6 Å². The van der Waals surface area contributed by atoms with Gasteiger partial charge in [-0.15, -0.1) is 0 Å². The molecule has 0 heterocycles. The maximum Gasteiger partial charge on any atom is 0.335 e. The number of nitrogens with zero attached hydrogens (tertiary/aromatic N) is 1. The Morgan fingerprint density at radius 1 is 1.11 bits per heavy atom. The highest BCUT2D eigenvalue weighted by molar-refractivity contribution is 6.31. The maximum absolute atomic E-state index is 10.7. The van der Waals surface area contributed by atoms with Gasteiger partial charge in [0.15, 0.2) is 0 Å². The second kappa shape index (κ2) is 4.91. The van der Waals surface area contributed by atoms with Crippen LogP contribution in [0.25, 0.3) is 11.1 Å². The third kappa shape index (κ3) is 2.34. The van der Waals surface area contributed by atoms with Crippen LogP contribution < -0.4 is 0 Å². The van der Waals surface area contributed by atoms with E-state index in [1.807, 2.05) is 6.07 Å². The number of nitriles is 1. The number of hydrogen-bond donors (Lipinski definition) is 1. The monoisotopic (exact) mass is 257 g/mol. The van der Waals surface area contributed by atoms with Crippen molar-refractivity contribution in [3.05, 3.63) is 58.6 Å². The number of carbonyl (C=O) groups is 1. The van der Waals surface area contributed by atoms with Gasteiger partial charge in [0.05, 0.1) is 16.1 Å². The Balaban J connectivity index is 2.43. The highest BCUT2D eigenvalue weighted by Crippen LogP contribution is 2.25. The quantitative estimate of drug-likeness (QED) is 0.894. The van der Waals surface area contributed by atoms with Gasteiger partial charge >= 0.3 is 5.97 Å². The zero-order valence-corrected chi connectivity index (χ0v) is 9.98. The van der Waals surface area contributed by atoms with Crippen LogP contribution in [0.4, 0.5) is 0 Å². The zero-order valence-electron chi connectivity index (χ0n) is 9.22. The number of benzene rings is 2. The van der Waals surface area contributed by atoms with Crippen LogP contribution in [0.15, 0.2) is 42.5 Å². The van der Waals surface area contributed by atoms with Crippen LogP contribution in [-0.4, -0.2) is 11.1 Å². The Morgan fingerprint density at radius 2 is 1.72 bits per heavy atom. The molecule has 0 amide bonds. The highest BCUT2D eigenvalue weighted by atomic mass is 35.5. The van der Waals surface area contributed by atoms with Crippen LogP contribution in [0, 0.1) is 11.3 Å². The summed E-state index contributed by atoms with van der Waals surface area (Å²) >= 11 is 5.85. The standard InChI is InChI=1S/C14H8ClNO2/c15-13-6-5-11(7-12(13)8-16)9-1-3-10(4-2-9)14(17)18/h1-7H,(H,17,18). The van der Waals surface area contributed by atoms with E-state index in [9.17, 15) is 4.79 Å². The number of rotatable bonds is 2. The van der Waals surface area contributed by atoms with Crippen LogP contribution in [0.2, 0.25) is 5.02 Å². The summed E-state index contributed by atoms with van der Waals surface area (Å²) in [5, 5.41) is 18.1. The smallest absolute Gasteiger partial charge is 0.335 e. The first-order chi connectivity index (χ1) is 8.61. The average molecular weight is 258 g/mol. The van der Waals surface area contributed by atoms with Gasteiger partial charge in [0, 0.05) is 0 Å². The summed E-state index contributed by atoms with van der Waals surface area (Å²) < 4.78 is 0. The van der Waals surface area contributed by atoms with E-state index in [1.165, 1.54) is 12.1 Å². The summed E-state index contributed by atoms with van der Waals surface area (Å²) in [6.07, 6.45) is 0. The average Bonchev–Trinajstić information content (AvgIpc) is 2.39. The second-order valence-electron chi connectivity index (χ2n) is 3.69. The lowest BCUT2D eigenvalue weighted by Crippen LogP contribution is -1.95. The molecule has 0 fully saturated rings. The molecule has 2 aromatic carbocycles. The van der Waals surface area contributed by atoms with Crippen molar-refractivity contribution in [2.24, 2.45) is 0 Å². The molecule has 0 unspecified atom stereocenters. The molecule has 0 bridgehead atoms. The lowest BCUT2D eigenvalue weighted by atomic mass is 10.0. The van der Waals surface area contributed by atoms with Crippen molar-refractivity contribution in [3.63, 3.8) is 0 Å². The van der Waals surface area contributed by atoms with Crippen molar-refractivity contribution in [2.75, 3.05) is 0 Å². The molecule has 0 saturated carbocycles. The molecule has 3 nitrogen and oxygen atoms in total. The Hall–Kier alpha value is -2.31. The lowest BCUT2D eigenvalue weighted by Gasteiger charge is -2.04. The Morgan fingerprint density at radius 3 is 2.28 bits per heavy atom. The van der Waals surface area contributed by atoms with Crippen LogP contribution in [0.1, 0.15) is 15.9 Å². The summed E-state index contributed by atoms with van der Waals surface area (Å²) in [6, 6.07) is 13.6. The number of carboxylic acids is 1. The molecule has 0 atom stereocenters. The molecule has 0 aliphatic heterocycles. The number of aromatic carboxylic acids is 1. The number of carboxylic acid groups (broad SMARTS) is 1. The van der Waals surface area contributed by atoms with Gasteiger partial charge in [0.2, 0.25) is 0 Å². The molecule has 4 heteroatoms. The Bertz CT molecular complexity index is 642. The summed E-state index contributed by atoms with van der Waals surface area (Å²) in [7, 11) is 0. The minimum Gasteiger partial charge on any atom is -0.478 e. The molecule has 1 N–H and O–H groups in total. The van der Waals surface area contributed by atoms with Gasteiger partial charge in [-0.25, -0.2) is 4.79 Å². The molecule has 0 saturated heterocycles.